The van der Waals surface area contributed by atoms with Gasteiger partial charge in [0.25, 0.3) is 0 Å². The van der Waals surface area contributed by atoms with Crippen molar-refractivity contribution in [3.8, 4) is 11.5 Å². The largest absolute Gasteiger partial charge is 0.494 e. The standard InChI is InChI=1S/C13H17ClO2/c1-2-7-15-11-3-5-12(6-4-11)16-13-8-10(14)9-13/h3-6,10,13H,2,7-9H2,1H3. The maximum atomic E-state index is 5.89. The van der Waals surface area contributed by atoms with E-state index in [9.17, 15) is 0 Å². The summed E-state index contributed by atoms with van der Waals surface area (Å²) >= 11 is 5.89. The first-order valence-corrected chi connectivity index (χ1v) is 6.25. The molecule has 0 spiro atoms. The topological polar surface area (TPSA) is 18.5 Å². The molecule has 1 aromatic rings. The predicted octanol–water partition coefficient (Wildman–Crippen LogP) is 3.62. The van der Waals surface area contributed by atoms with E-state index in [1.165, 1.54) is 0 Å². The monoisotopic (exact) mass is 240 g/mol. The van der Waals surface area contributed by atoms with Crippen molar-refractivity contribution in [2.45, 2.75) is 37.7 Å². The fourth-order valence-electron chi connectivity index (χ4n) is 1.62. The molecule has 0 unspecified atom stereocenters. The van der Waals surface area contributed by atoms with E-state index < -0.39 is 0 Å². The van der Waals surface area contributed by atoms with Crippen LogP contribution in [0.3, 0.4) is 0 Å². The van der Waals surface area contributed by atoms with Crippen LogP contribution in [-0.2, 0) is 0 Å². The first-order valence-electron chi connectivity index (χ1n) is 5.81. The molecule has 1 fully saturated rings. The number of ether oxygens (including phenoxy) is 2. The van der Waals surface area contributed by atoms with Gasteiger partial charge in [-0.2, -0.15) is 0 Å². The normalized spacial score (nSPS) is 23.6. The van der Waals surface area contributed by atoms with E-state index in [-0.39, 0.29) is 0 Å². The molecule has 2 rings (SSSR count). The first-order chi connectivity index (χ1) is 7.78. The van der Waals surface area contributed by atoms with Crippen molar-refractivity contribution < 1.29 is 9.47 Å². The summed E-state index contributed by atoms with van der Waals surface area (Å²) in [5.74, 6) is 1.80. The van der Waals surface area contributed by atoms with Gasteiger partial charge in [-0.05, 0) is 30.7 Å². The van der Waals surface area contributed by atoms with Gasteiger partial charge in [0, 0.05) is 18.2 Å². The Morgan fingerprint density at radius 1 is 1.19 bits per heavy atom. The predicted molar refractivity (Wildman–Crippen MR) is 65.5 cm³/mol. The van der Waals surface area contributed by atoms with Gasteiger partial charge in [0.05, 0.1) is 6.61 Å². The Kier molecular flexibility index (Phi) is 3.94. The second kappa shape index (κ2) is 5.44. The minimum Gasteiger partial charge on any atom is -0.494 e. The number of alkyl halides is 1. The van der Waals surface area contributed by atoms with Crippen LogP contribution >= 0.6 is 11.6 Å². The van der Waals surface area contributed by atoms with Crippen molar-refractivity contribution in [2.24, 2.45) is 0 Å². The zero-order valence-electron chi connectivity index (χ0n) is 9.49. The number of hydrogen-bond acceptors (Lipinski definition) is 2. The Bertz CT molecular complexity index is 317. The Morgan fingerprint density at radius 3 is 2.38 bits per heavy atom. The van der Waals surface area contributed by atoms with Gasteiger partial charge in [-0.15, -0.1) is 11.6 Å². The van der Waals surface area contributed by atoms with Crippen LogP contribution in [0.1, 0.15) is 26.2 Å². The van der Waals surface area contributed by atoms with Gasteiger partial charge in [0.1, 0.15) is 17.6 Å². The number of halogens is 1. The minimum absolute atomic E-state index is 0.296. The first kappa shape index (κ1) is 11.6. The minimum atomic E-state index is 0.296. The highest BCUT2D eigenvalue weighted by atomic mass is 35.5. The molecule has 0 N–H and O–H groups in total. The molecule has 0 aliphatic heterocycles. The van der Waals surface area contributed by atoms with Gasteiger partial charge >= 0.3 is 0 Å². The maximum Gasteiger partial charge on any atom is 0.119 e. The zero-order valence-corrected chi connectivity index (χ0v) is 10.2. The number of benzene rings is 1. The van der Waals surface area contributed by atoms with Crippen LogP contribution in [0.25, 0.3) is 0 Å². The van der Waals surface area contributed by atoms with Gasteiger partial charge in [0.2, 0.25) is 0 Å². The van der Waals surface area contributed by atoms with E-state index in [0.717, 1.165) is 37.4 Å². The third-order valence-corrected chi connectivity index (χ3v) is 2.99. The summed E-state index contributed by atoms with van der Waals surface area (Å²) in [7, 11) is 0. The summed E-state index contributed by atoms with van der Waals surface area (Å²) in [5.41, 5.74) is 0. The molecule has 0 saturated heterocycles. The van der Waals surface area contributed by atoms with Gasteiger partial charge in [-0.25, -0.2) is 0 Å². The molecule has 0 radical (unpaired) electrons. The third-order valence-electron chi connectivity index (χ3n) is 2.64. The highest BCUT2D eigenvalue weighted by Gasteiger charge is 2.28. The lowest BCUT2D eigenvalue weighted by molar-refractivity contribution is 0.124. The van der Waals surface area contributed by atoms with Crippen LogP contribution < -0.4 is 9.47 Å². The molecule has 2 nitrogen and oxygen atoms in total. The molecular formula is C13H17ClO2. The lowest BCUT2D eigenvalue weighted by atomic mass is 9.95. The molecule has 0 amide bonds. The molecule has 0 heterocycles. The summed E-state index contributed by atoms with van der Waals surface area (Å²) in [6.07, 6.45) is 3.23. The van der Waals surface area contributed by atoms with Crippen molar-refractivity contribution in [1.82, 2.24) is 0 Å². The quantitative estimate of drug-likeness (QED) is 0.732. The lowest BCUT2D eigenvalue weighted by Gasteiger charge is -2.31. The van der Waals surface area contributed by atoms with Crippen LogP contribution in [-0.4, -0.2) is 18.1 Å². The van der Waals surface area contributed by atoms with Crippen molar-refractivity contribution in [1.29, 1.82) is 0 Å². The average Bonchev–Trinajstić information content (AvgIpc) is 2.26. The SMILES string of the molecule is CCCOc1ccc(OC2CC(Cl)C2)cc1. The van der Waals surface area contributed by atoms with Crippen LogP contribution in [0, 0.1) is 0 Å². The van der Waals surface area contributed by atoms with E-state index in [1.807, 2.05) is 24.3 Å². The van der Waals surface area contributed by atoms with Crippen LogP contribution in [0.5, 0.6) is 11.5 Å². The zero-order chi connectivity index (χ0) is 11.4. The number of hydrogen-bond donors (Lipinski definition) is 0. The van der Waals surface area contributed by atoms with Gasteiger partial charge in [-0.1, -0.05) is 6.92 Å². The Labute approximate surface area is 102 Å². The van der Waals surface area contributed by atoms with Gasteiger partial charge < -0.3 is 9.47 Å². The smallest absolute Gasteiger partial charge is 0.119 e. The third kappa shape index (κ3) is 3.05. The molecule has 3 heteroatoms. The van der Waals surface area contributed by atoms with E-state index in [1.54, 1.807) is 0 Å². The van der Waals surface area contributed by atoms with Gasteiger partial charge in [0.15, 0.2) is 0 Å². The average molecular weight is 241 g/mol. The Morgan fingerprint density at radius 2 is 1.81 bits per heavy atom. The van der Waals surface area contributed by atoms with Crippen molar-refractivity contribution in [2.75, 3.05) is 6.61 Å². The van der Waals surface area contributed by atoms with E-state index >= 15 is 0 Å². The summed E-state index contributed by atoms with van der Waals surface area (Å²) in [4.78, 5) is 0. The van der Waals surface area contributed by atoms with E-state index in [4.69, 9.17) is 21.1 Å². The van der Waals surface area contributed by atoms with Crippen molar-refractivity contribution in [3.63, 3.8) is 0 Å². The molecule has 16 heavy (non-hydrogen) atoms. The van der Waals surface area contributed by atoms with Crippen molar-refractivity contribution in [3.05, 3.63) is 24.3 Å². The fraction of sp³-hybridized carbons (Fsp3) is 0.538. The molecular weight excluding hydrogens is 224 g/mol. The summed E-state index contributed by atoms with van der Waals surface area (Å²) in [6.45, 7) is 2.85. The van der Waals surface area contributed by atoms with Gasteiger partial charge in [-0.3, -0.25) is 0 Å². The van der Waals surface area contributed by atoms with Crippen LogP contribution in [0.4, 0.5) is 0 Å². The summed E-state index contributed by atoms with van der Waals surface area (Å²) < 4.78 is 11.2. The summed E-state index contributed by atoms with van der Waals surface area (Å²) in [5, 5.41) is 0.303. The molecule has 1 saturated carbocycles. The van der Waals surface area contributed by atoms with Crippen LogP contribution in [0.2, 0.25) is 0 Å². The number of rotatable bonds is 5. The lowest BCUT2D eigenvalue weighted by Crippen LogP contribution is -2.34. The molecule has 0 atom stereocenters. The molecule has 0 aromatic heterocycles. The molecule has 0 bridgehead atoms. The van der Waals surface area contributed by atoms with Crippen molar-refractivity contribution >= 4 is 11.6 Å². The van der Waals surface area contributed by atoms with Crippen LogP contribution in [0.15, 0.2) is 24.3 Å². The molecule has 1 aliphatic rings. The van der Waals surface area contributed by atoms with E-state index in [2.05, 4.69) is 6.92 Å². The highest BCUT2D eigenvalue weighted by Crippen LogP contribution is 2.30. The molecule has 1 aliphatic carbocycles. The summed E-state index contributed by atoms with van der Waals surface area (Å²) in [6, 6.07) is 7.79. The second-order valence-corrected chi connectivity index (χ2v) is 4.75. The maximum absolute atomic E-state index is 5.89. The Hall–Kier alpha value is -0.890. The highest BCUT2D eigenvalue weighted by molar-refractivity contribution is 6.21. The second-order valence-electron chi connectivity index (χ2n) is 4.13. The molecule has 1 aromatic carbocycles. The Balaban J connectivity index is 1.82. The van der Waals surface area contributed by atoms with E-state index in [0.29, 0.717) is 11.5 Å². The fourth-order valence-corrected chi connectivity index (χ4v) is 2.02. The molecule has 88 valence electrons.